The highest BCUT2D eigenvalue weighted by Crippen LogP contribution is 2.53. The second kappa shape index (κ2) is 7.88. The van der Waals surface area contributed by atoms with Crippen LogP contribution in [0.5, 0.6) is 17.2 Å². The Labute approximate surface area is 187 Å². The fraction of sp³-hybridized carbons (Fsp3) is 0.333. The van der Waals surface area contributed by atoms with Crippen LogP contribution in [0.25, 0.3) is 11.1 Å². The molecule has 0 spiro atoms. The van der Waals surface area contributed by atoms with E-state index in [1.165, 1.54) is 5.56 Å². The number of rotatable bonds is 3. The van der Waals surface area contributed by atoms with Gasteiger partial charge in [0.25, 0.3) is 0 Å². The van der Waals surface area contributed by atoms with Crippen LogP contribution in [-0.4, -0.2) is 7.11 Å². The summed E-state index contributed by atoms with van der Waals surface area (Å²) in [5.41, 5.74) is 4.30. The van der Waals surface area contributed by atoms with Crippen molar-refractivity contribution in [2.24, 2.45) is 0 Å². The standard InChI is InChI=1S/C27H31O3P/c1-26(2,3)21-16-18(28-7)17-22(27(4,5)6)25(21)30-31-24-15-11-9-13-20(24)19-12-8-10-14-23(19)29-31/h8-17H,1-7H3. The zero-order chi connectivity index (χ0) is 22.4. The van der Waals surface area contributed by atoms with Crippen LogP contribution in [-0.2, 0) is 10.8 Å². The van der Waals surface area contributed by atoms with Crippen molar-refractivity contribution in [3.8, 4) is 28.4 Å². The number of hydrogen-bond acceptors (Lipinski definition) is 3. The van der Waals surface area contributed by atoms with E-state index in [-0.39, 0.29) is 10.8 Å². The van der Waals surface area contributed by atoms with Gasteiger partial charge in [-0.2, -0.15) is 0 Å². The summed E-state index contributed by atoms with van der Waals surface area (Å²) >= 11 is 0. The lowest BCUT2D eigenvalue weighted by Gasteiger charge is -2.33. The molecular formula is C27H31O3P. The molecular weight excluding hydrogens is 403 g/mol. The van der Waals surface area contributed by atoms with E-state index in [4.69, 9.17) is 13.8 Å². The first-order valence-corrected chi connectivity index (χ1v) is 11.8. The Morgan fingerprint density at radius 1 is 0.742 bits per heavy atom. The van der Waals surface area contributed by atoms with E-state index >= 15 is 0 Å². The molecule has 0 amide bonds. The topological polar surface area (TPSA) is 27.7 Å². The monoisotopic (exact) mass is 434 g/mol. The average Bonchev–Trinajstić information content (AvgIpc) is 2.72. The number of fused-ring (bicyclic) bond motifs is 3. The minimum absolute atomic E-state index is 0.119. The van der Waals surface area contributed by atoms with Crippen LogP contribution in [0.3, 0.4) is 0 Å². The van der Waals surface area contributed by atoms with Crippen molar-refractivity contribution >= 4 is 13.7 Å². The van der Waals surface area contributed by atoms with Crippen molar-refractivity contribution in [3.05, 3.63) is 71.8 Å². The Kier molecular flexibility index (Phi) is 5.52. The van der Waals surface area contributed by atoms with E-state index in [0.717, 1.165) is 39.2 Å². The van der Waals surface area contributed by atoms with Crippen LogP contribution in [0.15, 0.2) is 60.7 Å². The molecule has 0 fully saturated rings. The van der Waals surface area contributed by atoms with Crippen LogP contribution < -0.4 is 19.1 Å². The van der Waals surface area contributed by atoms with Crippen molar-refractivity contribution < 1.29 is 13.8 Å². The first-order valence-electron chi connectivity index (χ1n) is 10.7. The van der Waals surface area contributed by atoms with Crippen LogP contribution in [0.1, 0.15) is 52.7 Å². The van der Waals surface area contributed by atoms with E-state index in [1.807, 2.05) is 18.2 Å². The summed E-state index contributed by atoms with van der Waals surface area (Å²) in [6.07, 6.45) is 0. The van der Waals surface area contributed by atoms with Gasteiger partial charge in [-0.3, -0.25) is 0 Å². The molecule has 0 saturated heterocycles. The Morgan fingerprint density at radius 3 is 1.87 bits per heavy atom. The van der Waals surface area contributed by atoms with E-state index in [0.29, 0.717) is 0 Å². The molecule has 1 aliphatic rings. The normalized spacial score (nSPS) is 15.5. The van der Waals surface area contributed by atoms with Gasteiger partial charge in [-0.05, 0) is 40.7 Å². The number of hydrogen-bond donors (Lipinski definition) is 0. The van der Waals surface area contributed by atoms with Crippen molar-refractivity contribution in [1.82, 2.24) is 0 Å². The van der Waals surface area contributed by atoms with E-state index in [2.05, 4.69) is 84.0 Å². The van der Waals surface area contributed by atoms with E-state index < -0.39 is 8.38 Å². The average molecular weight is 435 g/mol. The maximum Gasteiger partial charge on any atom is 0.326 e. The molecule has 0 aromatic heterocycles. The van der Waals surface area contributed by atoms with Gasteiger partial charge in [0, 0.05) is 16.7 Å². The maximum absolute atomic E-state index is 6.84. The minimum atomic E-state index is -1.33. The first-order chi connectivity index (χ1) is 14.6. The van der Waals surface area contributed by atoms with Crippen LogP contribution >= 0.6 is 8.38 Å². The third-order valence-corrected chi connectivity index (χ3v) is 7.04. The van der Waals surface area contributed by atoms with Crippen LogP contribution in [0, 0.1) is 0 Å². The van der Waals surface area contributed by atoms with Gasteiger partial charge in [0.1, 0.15) is 17.2 Å². The summed E-state index contributed by atoms with van der Waals surface area (Å²) < 4.78 is 19.0. The quantitative estimate of drug-likeness (QED) is 0.403. The van der Waals surface area contributed by atoms with Gasteiger partial charge in [0.05, 0.1) is 12.4 Å². The number of para-hydroxylation sites is 1. The summed E-state index contributed by atoms with van der Waals surface area (Å²) in [5, 5.41) is 1.10. The molecule has 3 aromatic carbocycles. The highest BCUT2D eigenvalue weighted by Gasteiger charge is 2.34. The van der Waals surface area contributed by atoms with Crippen LogP contribution in [0.4, 0.5) is 0 Å². The van der Waals surface area contributed by atoms with Gasteiger partial charge in [-0.25, -0.2) is 0 Å². The maximum atomic E-state index is 6.84. The van der Waals surface area contributed by atoms with Crippen molar-refractivity contribution in [2.75, 3.05) is 7.11 Å². The Balaban J connectivity index is 1.88. The summed E-state index contributed by atoms with van der Waals surface area (Å²) in [4.78, 5) is 0. The van der Waals surface area contributed by atoms with E-state index in [1.54, 1.807) is 7.11 Å². The highest BCUT2D eigenvalue weighted by atomic mass is 31.2. The molecule has 1 atom stereocenters. The summed E-state index contributed by atoms with van der Waals surface area (Å²) in [6, 6.07) is 20.8. The highest BCUT2D eigenvalue weighted by molar-refractivity contribution is 7.57. The third kappa shape index (κ3) is 4.16. The molecule has 4 rings (SSSR count). The molecule has 0 radical (unpaired) electrons. The Bertz CT molecular complexity index is 1070. The zero-order valence-electron chi connectivity index (χ0n) is 19.4. The SMILES string of the molecule is COc1cc(C(C)(C)C)c(OP2Oc3ccccc3-c3ccccc32)c(C(C)(C)C)c1. The largest absolute Gasteiger partial charge is 0.497 e. The fourth-order valence-electron chi connectivity index (χ4n) is 3.85. The summed E-state index contributed by atoms with van der Waals surface area (Å²) in [7, 11) is 0.387. The number of ether oxygens (including phenoxy) is 1. The van der Waals surface area contributed by atoms with Gasteiger partial charge in [-0.15, -0.1) is 0 Å². The molecule has 1 aliphatic heterocycles. The molecule has 0 N–H and O–H groups in total. The smallest absolute Gasteiger partial charge is 0.326 e. The second-order valence-corrected chi connectivity index (χ2v) is 11.4. The van der Waals surface area contributed by atoms with Crippen molar-refractivity contribution in [3.63, 3.8) is 0 Å². The molecule has 162 valence electrons. The fourth-order valence-corrected chi connectivity index (χ4v) is 5.39. The molecule has 0 bridgehead atoms. The second-order valence-electron chi connectivity index (χ2n) is 10.0. The molecule has 1 unspecified atom stereocenters. The summed E-state index contributed by atoms with van der Waals surface area (Å²) in [5.74, 6) is 2.63. The Morgan fingerprint density at radius 2 is 1.29 bits per heavy atom. The van der Waals surface area contributed by atoms with Crippen LogP contribution in [0.2, 0.25) is 0 Å². The van der Waals surface area contributed by atoms with Gasteiger partial charge >= 0.3 is 8.38 Å². The third-order valence-electron chi connectivity index (χ3n) is 5.55. The molecule has 4 heteroatoms. The molecule has 3 aromatic rings. The zero-order valence-corrected chi connectivity index (χ0v) is 20.3. The van der Waals surface area contributed by atoms with Crippen molar-refractivity contribution in [1.29, 1.82) is 0 Å². The molecule has 0 saturated carbocycles. The predicted octanol–water partition coefficient (Wildman–Crippen LogP) is 7.37. The van der Waals surface area contributed by atoms with Gasteiger partial charge in [0.2, 0.25) is 0 Å². The summed E-state index contributed by atoms with van der Waals surface area (Å²) in [6.45, 7) is 13.2. The lowest BCUT2D eigenvalue weighted by atomic mass is 9.79. The molecule has 31 heavy (non-hydrogen) atoms. The van der Waals surface area contributed by atoms with Gasteiger partial charge in [-0.1, -0.05) is 77.9 Å². The van der Waals surface area contributed by atoms with E-state index in [9.17, 15) is 0 Å². The van der Waals surface area contributed by atoms with Crippen molar-refractivity contribution in [2.45, 2.75) is 52.4 Å². The number of methoxy groups -OCH3 is 1. The molecule has 3 nitrogen and oxygen atoms in total. The molecule has 0 aliphatic carbocycles. The van der Waals surface area contributed by atoms with Gasteiger partial charge < -0.3 is 13.8 Å². The van der Waals surface area contributed by atoms with Gasteiger partial charge in [0.15, 0.2) is 0 Å². The minimum Gasteiger partial charge on any atom is -0.497 e. The first kappa shape index (κ1) is 21.7. The Hall–Kier alpha value is -2.51. The number of benzene rings is 3. The lowest BCUT2D eigenvalue weighted by molar-refractivity contribution is 0.405. The molecule has 1 heterocycles. The lowest BCUT2D eigenvalue weighted by Crippen LogP contribution is -2.22. The predicted molar refractivity (Wildman–Crippen MR) is 130 cm³/mol.